The van der Waals surface area contributed by atoms with Crippen LogP contribution in [0, 0.1) is 22.2 Å². The zero-order chi connectivity index (χ0) is 40.3. The van der Waals surface area contributed by atoms with E-state index >= 15 is 0 Å². The molecule has 1 aliphatic heterocycles. The maximum Gasteiger partial charge on any atom is 0.510 e. The van der Waals surface area contributed by atoms with Gasteiger partial charge in [-0.25, -0.2) is 9.80 Å². The van der Waals surface area contributed by atoms with Crippen LogP contribution in [0.5, 0.6) is 0 Å². The van der Waals surface area contributed by atoms with E-state index in [-0.39, 0.29) is 41.1 Å². The Kier molecular flexibility index (Phi) is 10.6. The number of likely N-dealkylation sites (N-methyl/N-ethyl adjacent to an activating group) is 1. The van der Waals surface area contributed by atoms with Crippen LogP contribution in [0.2, 0.25) is 5.02 Å². The highest BCUT2D eigenvalue weighted by atomic mass is 35.5. The Morgan fingerprint density at radius 2 is 1.70 bits per heavy atom. The minimum atomic E-state index is -6.38. The monoisotopic (exact) mass is 784 g/mol. The number of aromatic amines is 1. The lowest BCUT2D eigenvalue weighted by Crippen LogP contribution is -2.48. The summed E-state index contributed by atoms with van der Waals surface area (Å²) in [6.45, 7) is 6.52. The number of carboxylic acid groups (broad SMARTS) is 1. The zero-order valence-corrected chi connectivity index (χ0v) is 29.6. The third-order valence-corrected chi connectivity index (χ3v) is 9.07. The first-order valence-corrected chi connectivity index (χ1v) is 15.9. The summed E-state index contributed by atoms with van der Waals surface area (Å²) >= 11 is 6.36. The number of nitrogens with one attached hydrogen (secondary N) is 1. The largest absolute Gasteiger partial charge is 0.510 e. The maximum atomic E-state index is 14.1. The number of carboxylic acids is 1. The van der Waals surface area contributed by atoms with Crippen LogP contribution in [0.15, 0.2) is 24.4 Å². The molecule has 2 aromatic rings. The molecule has 1 amide bonds. The van der Waals surface area contributed by atoms with Crippen molar-refractivity contribution in [2.24, 2.45) is 10.8 Å². The van der Waals surface area contributed by atoms with Crippen molar-refractivity contribution in [2.75, 3.05) is 25.3 Å². The van der Waals surface area contributed by atoms with Crippen molar-refractivity contribution in [1.29, 1.82) is 5.26 Å². The van der Waals surface area contributed by atoms with Crippen molar-refractivity contribution in [1.82, 2.24) is 20.1 Å². The Balaban J connectivity index is 1.66. The number of anilines is 1. The van der Waals surface area contributed by atoms with Crippen LogP contribution in [0.3, 0.4) is 0 Å². The fourth-order valence-corrected chi connectivity index (χ4v) is 6.07. The van der Waals surface area contributed by atoms with Crippen molar-refractivity contribution in [2.45, 2.75) is 77.4 Å². The highest BCUT2D eigenvalue weighted by Gasteiger charge is 2.64. The predicted molar refractivity (Wildman–Crippen MR) is 169 cm³/mol. The van der Waals surface area contributed by atoms with E-state index < -0.39 is 82.6 Å². The Labute approximate surface area is 301 Å². The summed E-state index contributed by atoms with van der Waals surface area (Å²) in [5, 5.41) is 25.5. The summed E-state index contributed by atoms with van der Waals surface area (Å²) in [5.74, 6) is -9.42. The van der Waals surface area contributed by atoms with Crippen LogP contribution < -0.4 is 5.01 Å². The van der Waals surface area contributed by atoms with Crippen LogP contribution in [0.1, 0.15) is 74.6 Å². The van der Waals surface area contributed by atoms with Crippen molar-refractivity contribution in [3.63, 3.8) is 0 Å². The molecule has 1 unspecified atom stereocenters. The normalized spacial score (nSPS) is 17.2. The Morgan fingerprint density at radius 1 is 1.09 bits per heavy atom. The van der Waals surface area contributed by atoms with E-state index in [1.807, 2.05) is 6.07 Å². The number of hydrogen-bond acceptors (Lipinski definition) is 9. The third-order valence-electron chi connectivity index (χ3n) is 8.74. The summed E-state index contributed by atoms with van der Waals surface area (Å²) in [7, 11) is 1.20. The number of rotatable bonds is 10. The van der Waals surface area contributed by atoms with Crippen LogP contribution in [0.4, 0.5) is 45.7 Å². The molecular weight excluding hydrogens is 752 g/mol. The van der Waals surface area contributed by atoms with E-state index in [1.54, 1.807) is 20.8 Å². The number of carbonyl (C=O) groups is 3. The number of aliphatic carboxylic acids is 1. The standard InChI is InChI=1S/C32H33ClF8N6O6/c1-27(2,3)24(28(4,5)25(49)50)53-26(51)52-15-46(29(14-42)9-10-29)23(48)18-11-16(7-8-19(18)33)17-12-45(6)47(13-17)22-20(31(36,37)38)21(43-44-22)30(34,35)32(39,40)41/h7-8,11,13,24H,9-10,12,15H2,1-6H3,(H,43,44)(H,49,50). The van der Waals surface area contributed by atoms with E-state index in [9.17, 15) is 59.9 Å². The number of carbonyl (C=O) groups excluding carboxylic acids is 2. The van der Waals surface area contributed by atoms with E-state index in [2.05, 4.69) is 5.10 Å². The second-order valence-corrected chi connectivity index (χ2v) is 14.6. The maximum absolute atomic E-state index is 14.1. The molecule has 0 saturated heterocycles. The highest BCUT2D eigenvalue weighted by Crippen LogP contribution is 2.50. The van der Waals surface area contributed by atoms with Gasteiger partial charge in [0.05, 0.1) is 22.1 Å². The summed E-state index contributed by atoms with van der Waals surface area (Å²) < 4.78 is 120. The number of halogens is 9. The smallest absolute Gasteiger partial charge is 0.481 e. The second kappa shape index (κ2) is 13.6. The average molecular weight is 785 g/mol. The van der Waals surface area contributed by atoms with Crippen molar-refractivity contribution in [3.05, 3.63) is 51.8 Å². The minimum absolute atomic E-state index is 0.139. The Hall–Kier alpha value is -4.64. The molecule has 290 valence electrons. The average Bonchev–Trinajstić information content (AvgIpc) is 3.50. The number of ether oxygens (including phenoxy) is 2. The Morgan fingerprint density at radius 3 is 2.19 bits per heavy atom. The molecule has 1 atom stereocenters. The predicted octanol–water partition coefficient (Wildman–Crippen LogP) is 7.58. The summed E-state index contributed by atoms with van der Waals surface area (Å²) in [6, 6.07) is 5.79. The van der Waals surface area contributed by atoms with E-state index in [4.69, 9.17) is 21.1 Å². The number of amides is 1. The molecule has 12 nitrogen and oxygen atoms in total. The summed E-state index contributed by atoms with van der Waals surface area (Å²) in [6.07, 6.45) is -13.3. The number of hydrazine groups is 1. The molecule has 4 rings (SSSR count). The fraction of sp³-hybridized carbons (Fsp3) is 0.531. The number of nitriles is 1. The molecule has 53 heavy (non-hydrogen) atoms. The van der Waals surface area contributed by atoms with Gasteiger partial charge in [0.2, 0.25) is 0 Å². The third kappa shape index (κ3) is 7.86. The van der Waals surface area contributed by atoms with Crippen LogP contribution in [-0.4, -0.2) is 81.4 Å². The van der Waals surface area contributed by atoms with Gasteiger partial charge in [0.25, 0.3) is 5.91 Å². The van der Waals surface area contributed by atoms with E-state index in [1.165, 1.54) is 44.2 Å². The molecule has 2 heterocycles. The highest BCUT2D eigenvalue weighted by molar-refractivity contribution is 6.34. The molecule has 0 radical (unpaired) electrons. The lowest BCUT2D eigenvalue weighted by atomic mass is 9.73. The molecule has 21 heteroatoms. The molecule has 1 aromatic heterocycles. The Bertz CT molecular complexity index is 1860. The molecule has 1 saturated carbocycles. The molecule has 1 aliphatic carbocycles. The van der Waals surface area contributed by atoms with Gasteiger partial charge < -0.3 is 14.6 Å². The van der Waals surface area contributed by atoms with Crippen LogP contribution >= 0.6 is 11.6 Å². The molecule has 0 bridgehead atoms. The zero-order valence-electron chi connectivity index (χ0n) is 28.8. The van der Waals surface area contributed by atoms with Gasteiger partial charge in [-0.3, -0.25) is 24.6 Å². The molecule has 0 spiro atoms. The van der Waals surface area contributed by atoms with Gasteiger partial charge in [0.15, 0.2) is 12.5 Å². The van der Waals surface area contributed by atoms with Crippen molar-refractivity contribution < 1.29 is 64.1 Å². The van der Waals surface area contributed by atoms with Crippen molar-refractivity contribution >= 4 is 41.0 Å². The van der Waals surface area contributed by atoms with Crippen LogP contribution in [0.25, 0.3) is 5.57 Å². The van der Waals surface area contributed by atoms with Gasteiger partial charge in [-0.2, -0.15) is 45.5 Å². The molecule has 1 fully saturated rings. The van der Waals surface area contributed by atoms with E-state index in [0.29, 0.717) is 5.01 Å². The number of alkyl halides is 8. The van der Waals surface area contributed by atoms with Crippen LogP contribution in [-0.2, 0) is 26.4 Å². The first-order chi connectivity index (χ1) is 24.1. The number of aromatic nitrogens is 2. The fourth-order valence-electron chi connectivity index (χ4n) is 5.87. The number of nitrogens with zero attached hydrogens (tertiary/aromatic N) is 5. The molecular formula is C32H33ClF8N6O6. The van der Waals surface area contributed by atoms with Gasteiger partial charge in [-0.15, -0.1) is 0 Å². The number of benzene rings is 1. The molecule has 2 aliphatic rings. The quantitative estimate of drug-likeness (QED) is 0.140. The van der Waals surface area contributed by atoms with E-state index in [0.717, 1.165) is 16.1 Å². The SMILES string of the molecule is CN1CC(c2ccc(Cl)c(C(=O)N(COC(=O)OC(C(C)(C)C)C(C)(C)C(=O)O)C3(C#N)CC3)c2)=CN1c1n[nH]c(C(F)(F)C(F)(F)F)c1C(F)(F)F. The first-order valence-electron chi connectivity index (χ1n) is 15.5. The molecule has 1 aromatic carbocycles. The van der Waals surface area contributed by atoms with Gasteiger partial charge >= 0.3 is 30.4 Å². The first kappa shape index (κ1) is 41.1. The van der Waals surface area contributed by atoms with Crippen molar-refractivity contribution in [3.8, 4) is 6.07 Å². The summed E-state index contributed by atoms with van der Waals surface area (Å²) in [5.41, 5.74) is -8.71. The van der Waals surface area contributed by atoms with Gasteiger partial charge in [0.1, 0.15) is 22.9 Å². The molecule has 2 N–H and O–H groups in total. The lowest BCUT2D eigenvalue weighted by Gasteiger charge is -2.38. The van der Waals surface area contributed by atoms with Gasteiger partial charge in [0, 0.05) is 25.2 Å². The van der Waals surface area contributed by atoms with Gasteiger partial charge in [-0.05, 0) is 50.0 Å². The number of H-pyrrole nitrogens is 1. The second-order valence-electron chi connectivity index (χ2n) is 14.2. The summed E-state index contributed by atoms with van der Waals surface area (Å²) in [4.78, 5) is 39.6. The lowest BCUT2D eigenvalue weighted by molar-refractivity contribution is -0.292. The number of hydrogen-bond donors (Lipinski definition) is 2. The topological polar surface area (TPSA) is 152 Å². The minimum Gasteiger partial charge on any atom is -0.481 e. The van der Waals surface area contributed by atoms with Gasteiger partial charge in [-0.1, -0.05) is 38.4 Å².